The fourth-order valence-corrected chi connectivity index (χ4v) is 2.72. The monoisotopic (exact) mass is 428 g/mol. The van der Waals surface area contributed by atoms with Gasteiger partial charge in [0, 0.05) is 23.5 Å². The van der Waals surface area contributed by atoms with Crippen LogP contribution in [-0.2, 0) is 9.53 Å². The molecular formula is C19H17FN6O5. The molecule has 2 heterocycles. The predicted molar refractivity (Wildman–Crippen MR) is 105 cm³/mol. The highest BCUT2D eigenvalue weighted by Gasteiger charge is 2.19. The van der Waals surface area contributed by atoms with Crippen LogP contribution < -0.4 is 5.32 Å². The van der Waals surface area contributed by atoms with Gasteiger partial charge in [0.1, 0.15) is 5.82 Å². The summed E-state index contributed by atoms with van der Waals surface area (Å²) in [7, 11) is 0. The number of carbonyl (C=O) groups excluding carboxylic acids is 2. The van der Waals surface area contributed by atoms with Gasteiger partial charge in [-0.15, -0.1) is 0 Å². The number of nitrogens with one attached hydrogen (secondary N) is 1. The first-order valence-electron chi connectivity index (χ1n) is 8.94. The van der Waals surface area contributed by atoms with Crippen molar-refractivity contribution in [3.63, 3.8) is 0 Å². The van der Waals surface area contributed by atoms with Gasteiger partial charge in [0.2, 0.25) is 5.82 Å². The van der Waals surface area contributed by atoms with Gasteiger partial charge in [-0.2, -0.15) is 14.2 Å². The number of esters is 1. The number of aromatic nitrogens is 4. The van der Waals surface area contributed by atoms with Crippen molar-refractivity contribution in [2.45, 2.75) is 20.8 Å². The first-order valence-corrected chi connectivity index (χ1v) is 8.94. The van der Waals surface area contributed by atoms with E-state index in [4.69, 9.17) is 4.74 Å². The zero-order valence-electron chi connectivity index (χ0n) is 16.7. The maximum Gasteiger partial charge on any atom is 0.338 e. The van der Waals surface area contributed by atoms with E-state index in [2.05, 4.69) is 20.4 Å². The van der Waals surface area contributed by atoms with Crippen molar-refractivity contribution in [1.29, 1.82) is 0 Å². The number of rotatable bonds is 6. The van der Waals surface area contributed by atoms with E-state index in [9.17, 15) is 24.1 Å². The molecule has 11 nitrogen and oxygen atoms in total. The lowest BCUT2D eigenvalue weighted by Crippen LogP contribution is -2.23. The summed E-state index contributed by atoms with van der Waals surface area (Å²) in [5.41, 5.74) is 0.998. The van der Waals surface area contributed by atoms with Crippen molar-refractivity contribution in [1.82, 2.24) is 19.7 Å². The molecular weight excluding hydrogens is 411 g/mol. The minimum absolute atomic E-state index is 0.263. The normalized spacial score (nSPS) is 10.6. The molecule has 0 fully saturated rings. The molecule has 0 radical (unpaired) electrons. The molecule has 0 aliphatic carbocycles. The highest BCUT2D eigenvalue weighted by atomic mass is 19.1. The number of hydrogen-bond acceptors (Lipinski definition) is 8. The summed E-state index contributed by atoms with van der Waals surface area (Å²) in [6.07, 6.45) is 0. The van der Waals surface area contributed by atoms with Crippen LogP contribution in [0.3, 0.4) is 0 Å². The molecule has 0 bridgehead atoms. The van der Waals surface area contributed by atoms with Crippen molar-refractivity contribution >= 4 is 23.4 Å². The number of carbonyl (C=O) groups is 2. The Kier molecular flexibility index (Phi) is 6.00. The smallest absolute Gasteiger partial charge is 0.338 e. The van der Waals surface area contributed by atoms with Crippen molar-refractivity contribution < 1.29 is 23.6 Å². The molecule has 3 rings (SSSR count). The molecule has 0 unspecified atom stereocenters. The van der Waals surface area contributed by atoms with Gasteiger partial charge in [-0.1, -0.05) is 0 Å². The number of ether oxygens (including phenoxy) is 1. The zero-order valence-corrected chi connectivity index (χ0v) is 16.7. The molecule has 1 amide bonds. The van der Waals surface area contributed by atoms with Crippen LogP contribution in [0.25, 0.3) is 5.95 Å². The molecule has 1 N–H and O–H groups in total. The molecule has 160 valence electrons. The summed E-state index contributed by atoms with van der Waals surface area (Å²) < 4.78 is 19.9. The number of benzene rings is 1. The van der Waals surface area contributed by atoms with Crippen LogP contribution in [0.15, 0.2) is 30.3 Å². The summed E-state index contributed by atoms with van der Waals surface area (Å²) in [4.78, 5) is 42.6. The summed E-state index contributed by atoms with van der Waals surface area (Å²) in [5.74, 6) is -2.34. The zero-order chi connectivity index (χ0) is 22.7. The van der Waals surface area contributed by atoms with E-state index in [0.29, 0.717) is 11.8 Å². The van der Waals surface area contributed by atoms with Crippen molar-refractivity contribution in [2.24, 2.45) is 0 Å². The topological polar surface area (TPSA) is 142 Å². The molecule has 2 aromatic heterocycles. The Bertz CT molecular complexity index is 1170. The van der Waals surface area contributed by atoms with E-state index < -0.39 is 34.9 Å². The van der Waals surface area contributed by atoms with Crippen LogP contribution in [0.4, 0.5) is 15.9 Å². The lowest BCUT2D eigenvalue weighted by atomic mass is 10.2. The van der Waals surface area contributed by atoms with Crippen molar-refractivity contribution in [2.75, 3.05) is 11.9 Å². The fraction of sp³-hybridized carbons (Fsp3) is 0.211. The molecule has 0 aliphatic heterocycles. The van der Waals surface area contributed by atoms with Crippen LogP contribution in [0.5, 0.6) is 0 Å². The lowest BCUT2D eigenvalue weighted by Gasteiger charge is -2.09. The highest BCUT2D eigenvalue weighted by molar-refractivity contribution is 5.95. The number of nitro groups is 1. The standard InChI is InChI=1S/C19H17FN6O5/c1-10-6-11(2)22-19(21-10)25-16(7-12(3)24-25)23-17(27)9-31-18(28)13-4-5-15(26(29)30)14(20)8-13/h4-8H,9H2,1-3H3,(H,23,27). The SMILES string of the molecule is Cc1cc(C)nc(-n2nc(C)cc2NC(=O)COC(=O)c2ccc([N+](=O)[O-])c(F)c2)n1. The van der Waals surface area contributed by atoms with Crippen LogP contribution in [0, 0.1) is 36.7 Å². The van der Waals surface area contributed by atoms with E-state index in [1.807, 2.05) is 0 Å². The average molecular weight is 428 g/mol. The van der Waals surface area contributed by atoms with E-state index in [1.165, 1.54) is 4.68 Å². The van der Waals surface area contributed by atoms with Crippen LogP contribution >= 0.6 is 0 Å². The molecule has 12 heteroatoms. The third-order valence-electron chi connectivity index (χ3n) is 3.97. The quantitative estimate of drug-likeness (QED) is 0.358. The Hall–Kier alpha value is -4.22. The van der Waals surface area contributed by atoms with E-state index in [-0.39, 0.29) is 17.3 Å². The fourth-order valence-electron chi connectivity index (χ4n) is 2.72. The second-order valence-corrected chi connectivity index (χ2v) is 6.58. The first-order chi connectivity index (χ1) is 14.6. The van der Waals surface area contributed by atoms with Gasteiger partial charge < -0.3 is 10.1 Å². The molecule has 0 spiro atoms. The number of aryl methyl sites for hydroxylation is 3. The van der Waals surface area contributed by atoms with Crippen LogP contribution in [-0.4, -0.2) is 43.2 Å². The van der Waals surface area contributed by atoms with Gasteiger partial charge >= 0.3 is 11.7 Å². The maximum atomic E-state index is 13.7. The molecule has 0 atom stereocenters. The van der Waals surface area contributed by atoms with E-state index in [1.54, 1.807) is 32.9 Å². The largest absolute Gasteiger partial charge is 0.452 e. The van der Waals surface area contributed by atoms with Gasteiger partial charge in [-0.25, -0.2) is 14.8 Å². The average Bonchev–Trinajstić information content (AvgIpc) is 3.05. The molecule has 0 saturated carbocycles. The predicted octanol–water partition coefficient (Wildman–Crippen LogP) is 2.43. The number of nitro benzene ring substituents is 1. The maximum absolute atomic E-state index is 13.7. The summed E-state index contributed by atoms with van der Waals surface area (Å²) in [6.45, 7) is 4.65. The Morgan fingerprint density at radius 1 is 1.13 bits per heavy atom. The van der Waals surface area contributed by atoms with Crippen molar-refractivity contribution in [3.8, 4) is 5.95 Å². The highest BCUT2D eigenvalue weighted by Crippen LogP contribution is 2.19. The Labute approximate surface area is 175 Å². The number of nitrogens with zero attached hydrogens (tertiary/aromatic N) is 5. The first kappa shape index (κ1) is 21.5. The number of hydrogen-bond donors (Lipinski definition) is 1. The Morgan fingerprint density at radius 3 is 2.42 bits per heavy atom. The second kappa shape index (κ2) is 8.65. The van der Waals surface area contributed by atoms with Gasteiger partial charge in [-0.3, -0.25) is 14.9 Å². The molecule has 3 aromatic rings. The van der Waals surface area contributed by atoms with Gasteiger partial charge in [0.25, 0.3) is 11.9 Å². The molecule has 1 aromatic carbocycles. The van der Waals surface area contributed by atoms with Gasteiger partial charge in [0.15, 0.2) is 6.61 Å². The molecule has 0 aliphatic rings. The Balaban J connectivity index is 1.68. The molecule has 0 saturated heterocycles. The summed E-state index contributed by atoms with van der Waals surface area (Å²) >= 11 is 0. The van der Waals surface area contributed by atoms with Crippen LogP contribution in [0.1, 0.15) is 27.4 Å². The minimum Gasteiger partial charge on any atom is -0.452 e. The summed E-state index contributed by atoms with van der Waals surface area (Å²) in [5, 5.41) is 17.5. The van der Waals surface area contributed by atoms with Gasteiger partial charge in [0.05, 0.1) is 16.2 Å². The Morgan fingerprint density at radius 2 is 1.81 bits per heavy atom. The third kappa shape index (κ3) is 5.04. The summed E-state index contributed by atoms with van der Waals surface area (Å²) in [6, 6.07) is 5.94. The number of amides is 1. The lowest BCUT2D eigenvalue weighted by molar-refractivity contribution is -0.387. The van der Waals surface area contributed by atoms with Gasteiger partial charge in [-0.05, 0) is 39.0 Å². The van der Waals surface area contributed by atoms with Crippen LogP contribution in [0.2, 0.25) is 0 Å². The number of halogens is 1. The van der Waals surface area contributed by atoms with Crippen molar-refractivity contribution in [3.05, 3.63) is 68.9 Å². The van der Waals surface area contributed by atoms with E-state index in [0.717, 1.165) is 23.5 Å². The molecule has 31 heavy (non-hydrogen) atoms. The second-order valence-electron chi connectivity index (χ2n) is 6.58. The number of anilines is 1. The van der Waals surface area contributed by atoms with E-state index >= 15 is 0 Å². The minimum atomic E-state index is -1.18. The third-order valence-corrected chi connectivity index (χ3v) is 3.97.